The predicted molar refractivity (Wildman–Crippen MR) is 92.9 cm³/mol. The average Bonchev–Trinajstić information content (AvgIpc) is 2.65. The molecule has 5 heteroatoms. The molecule has 0 amide bonds. The van der Waals surface area contributed by atoms with Crippen molar-refractivity contribution >= 4 is 11.9 Å². The molecule has 5 nitrogen and oxygen atoms in total. The van der Waals surface area contributed by atoms with Crippen LogP contribution in [-0.2, 0) is 20.7 Å². The third-order valence-corrected chi connectivity index (χ3v) is 6.16. The molecule has 0 heterocycles. The second-order valence-corrected chi connectivity index (χ2v) is 7.30. The number of hydrogen-bond acceptors (Lipinski definition) is 5. The van der Waals surface area contributed by atoms with Crippen molar-refractivity contribution in [2.75, 3.05) is 21.3 Å². The van der Waals surface area contributed by atoms with Crippen LogP contribution in [0.2, 0.25) is 0 Å². The largest absolute Gasteiger partial charge is 0.496 e. The number of benzene rings is 1. The highest BCUT2D eigenvalue weighted by molar-refractivity contribution is 5.93. The standard InChI is InChI=1S/C20H26O5/c1-20(19(22)25-4)9-5-6-13-14-11-17(23-2)15(18(21)24-3)10-12(14)7-8-16(13)20/h10-11,13,16H,5-9H2,1-4H3/t13-,16+,20-/m1/s1. The molecular weight excluding hydrogens is 320 g/mol. The summed E-state index contributed by atoms with van der Waals surface area (Å²) in [6.07, 6.45) is 4.68. The van der Waals surface area contributed by atoms with Crippen LogP contribution in [0.5, 0.6) is 5.75 Å². The van der Waals surface area contributed by atoms with E-state index in [0.29, 0.717) is 17.2 Å². The molecule has 0 aliphatic heterocycles. The normalized spacial score (nSPS) is 27.7. The van der Waals surface area contributed by atoms with Gasteiger partial charge < -0.3 is 14.2 Å². The van der Waals surface area contributed by atoms with Crippen molar-refractivity contribution < 1.29 is 23.8 Å². The zero-order valence-corrected chi connectivity index (χ0v) is 15.4. The molecule has 0 spiro atoms. The van der Waals surface area contributed by atoms with Gasteiger partial charge in [-0.15, -0.1) is 0 Å². The Hall–Kier alpha value is -2.04. The average molecular weight is 346 g/mol. The van der Waals surface area contributed by atoms with Crippen LogP contribution in [0, 0.1) is 11.3 Å². The first-order valence-corrected chi connectivity index (χ1v) is 8.83. The summed E-state index contributed by atoms with van der Waals surface area (Å²) >= 11 is 0. The summed E-state index contributed by atoms with van der Waals surface area (Å²) in [6.45, 7) is 2.04. The summed E-state index contributed by atoms with van der Waals surface area (Å²) in [6, 6.07) is 3.88. The molecule has 2 aliphatic rings. The van der Waals surface area contributed by atoms with Crippen LogP contribution in [0.15, 0.2) is 12.1 Å². The van der Waals surface area contributed by atoms with E-state index in [1.165, 1.54) is 19.8 Å². The molecule has 0 unspecified atom stereocenters. The Balaban J connectivity index is 2.04. The van der Waals surface area contributed by atoms with Crippen LogP contribution in [0.25, 0.3) is 0 Å². The van der Waals surface area contributed by atoms with Crippen molar-refractivity contribution in [2.24, 2.45) is 11.3 Å². The minimum atomic E-state index is -0.441. The summed E-state index contributed by atoms with van der Waals surface area (Å²) in [5, 5.41) is 0. The topological polar surface area (TPSA) is 61.8 Å². The summed E-state index contributed by atoms with van der Waals surface area (Å²) in [7, 11) is 4.41. The lowest BCUT2D eigenvalue weighted by atomic mass is 9.56. The van der Waals surface area contributed by atoms with E-state index in [1.54, 1.807) is 7.11 Å². The van der Waals surface area contributed by atoms with Crippen LogP contribution in [0.3, 0.4) is 0 Å². The van der Waals surface area contributed by atoms with Crippen LogP contribution in [-0.4, -0.2) is 33.3 Å². The van der Waals surface area contributed by atoms with Crippen LogP contribution < -0.4 is 4.74 Å². The lowest BCUT2D eigenvalue weighted by molar-refractivity contribution is -0.158. The lowest BCUT2D eigenvalue weighted by Gasteiger charge is -2.47. The number of ether oxygens (including phenoxy) is 3. The number of carbonyl (C=O) groups is 2. The first kappa shape index (κ1) is 17.8. The van der Waals surface area contributed by atoms with E-state index in [9.17, 15) is 9.59 Å². The molecule has 2 aliphatic carbocycles. The maximum atomic E-state index is 12.5. The van der Waals surface area contributed by atoms with Gasteiger partial charge in [-0.25, -0.2) is 4.79 Å². The Morgan fingerprint density at radius 1 is 1.12 bits per heavy atom. The minimum Gasteiger partial charge on any atom is -0.496 e. The van der Waals surface area contributed by atoms with Crippen molar-refractivity contribution in [2.45, 2.75) is 44.9 Å². The Labute approximate surface area is 148 Å². The summed E-state index contributed by atoms with van der Waals surface area (Å²) in [5.41, 5.74) is 2.39. The first-order valence-electron chi connectivity index (χ1n) is 8.83. The third-order valence-electron chi connectivity index (χ3n) is 6.16. The number of hydrogen-bond donors (Lipinski definition) is 0. The Morgan fingerprint density at radius 3 is 2.52 bits per heavy atom. The smallest absolute Gasteiger partial charge is 0.341 e. The van der Waals surface area contributed by atoms with E-state index in [-0.39, 0.29) is 17.9 Å². The van der Waals surface area contributed by atoms with Crippen LogP contribution in [0.4, 0.5) is 0 Å². The molecule has 0 radical (unpaired) electrons. The molecule has 25 heavy (non-hydrogen) atoms. The second kappa shape index (κ2) is 6.70. The Kier molecular flexibility index (Phi) is 4.76. The molecule has 3 rings (SSSR count). The first-order chi connectivity index (χ1) is 12.0. The van der Waals surface area contributed by atoms with Gasteiger partial charge in [0.1, 0.15) is 11.3 Å². The summed E-state index contributed by atoms with van der Waals surface area (Å²) in [5.74, 6) is 0.599. The minimum absolute atomic E-state index is 0.108. The van der Waals surface area contributed by atoms with Gasteiger partial charge in [-0.05, 0) is 67.7 Å². The van der Waals surface area contributed by atoms with Crippen molar-refractivity contribution in [3.05, 3.63) is 28.8 Å². The molecule has 1 saturated carbocycles. The monoisotopic (exact) mass is 346 g/mol. The zero-order chi connectivity index (χ0) is 18.2. The van der Waals surface area contributed by atoms with Gasteiger partial charge in [0.2, 0.25) is 0 Å². The molecule has 3 atom stereocenters. The van der Waals surface area contributed by atoms with Crippen molar-refractivity contribution in [3.8, 4) is 5.75 Å². The SMILES string of the molecule is COC(=O)c1cc2c(cc1OC)[C@H]1CCC[C@@](C)(C(=O)OC)[C@H]1CC2. The van der Waals surface area contributed by atoms with Gasteiger partial charge in [0.15, 0.2) is 0 Å². The fourth-order valence-electron chi connectivity index (χ4n) is 4.85. The highest BCUT2D eigenvalue weighted by Crippen LogP contribution is 2.54. The predicted octanol–water partition coefficient (Wildman–Crippen LogP) is 3.49. The fraction of sp³-hybridized carbons (Fsp3) is 0.600. The second-order valence-electron chi connectivity index (χ2n) is 7.30. The van der Waals surface area contributed by atoms with E-state index in [4.69, 9.17) is 14.2 Å². The molecule has 0 saturated heterocycles. The number of aryl methyl sites for hydroxylation is 1. The fourth-order valence-corrected chi connectivity index (χ4v) is 4.85. The third kappa shape index (κ3) is 2.79. The summed E-state index contributed by atoms with van der Waals surface area (Å²) in [4.78, 5) is 24.5. The zero-order valence-electron chi connectivity index (χ0n) is 15.4. The Bertz CT molecular complexity index is 696. The van der Waals surface area contributed by atoms with Gasteiger partial charge in [-0.3, -0.25) is 4.79 Å². The van der Waals surface area contributed by atoms with Gasteiger partial charge in [-0.2, -0.15) is 0 Å². The highest BCUT2D eigenvalue weighted by atomic mass is 16.5. The number of esters is 2. The van der Waals surface area contributed by atoms with Crippen LogP contribution >= 0.6 is 0 Å². The molecule has 0 bridgehead atoms. The van der Waals surface area contributed by atoms with Gasteiger partial charge in [0.25, 0.3) is 0 Å². The van der Waals surface area contributed by atoms with Gasteiger partial charge in [-0.1, -0.05) is 6.42 Å². The molecule has 1 aromatic rings. The molecular formula is C20H26O5. The number of rotatable bonds is 3. The maximum Gasteiger partial charge on any atom is 0.341 e. The quantitative estimate of drug-likeness (QED) is 0.784. The summed E-state index contributed by atoms with van der Waals surface area (Å²) < 4.78 is 15.4. The molecule has 1 fully saturated rings. The van der Waals surface area contributed by atoms with E-state index in [1.807, 2.05) is 19.1 Å². The van der Waals surface area contributed by atoms with E-state index < -0.39 is 5.41 Å². The molecule has 136 valence electrons. The maximum absolute atomic E-state index is 12.5. The molecule has 0 N–H and O–H groups in total. The lowest BCUT2D eigenvalue weighted by Crippen LogP contribution is -2.44. The van der Waals surface area contributed by atoms with Gasteiger partial charge >= 0.3 is 11.9 Å². The number of carbonyl (C=O) groups excluding carboxylic acids is 2. The Morgan fingerprint density at radius 2 is 1.88 bits per heavy atom. The number of fused-ring (bicyclic) bond motifs is 3. The van der Waals surface area contributed by atoms with E-state index in [2.05, 4.69) is 0 Å². The highest BCUT2D eigenvalue weighted by Gasteiger charge is 2.50. The van der Waals surface area contributed by atoms with Crippen molar-refractivity contribution in [3.63, 3.8) is 0 Å². The molecule has 0 aromatic heterocycles. The van der Waals surface area contributed by atoms with Crippen molar-refractivity contribution in [1.29, 1.82) is 0 Å². The van der Waals surface area contributed by atoms with Gasteiger partial charge in [0.05, 0.1) is 26.7 Å². The van der Waals surface area contributed by atoms with Gasteiger partial charge in [0, 0.05) is 0 Å². The number of methoxy groups -OCH3 is 3. The van der Waals surface area contributed by atoms with Crippen LogP contribution in [0.1, 0.15) is 60.0 Å². The van der Waals surface area contributed by atoms with Crippen molar-refractivity contribution in [1.82, 2.24) is 0 Å². The van der Waals surface area contributed by atoms with E-state index in [0.717, 1.165) is 37.7 Å². The van der Waals surface area contributed by atoms with E-state index >= 15 is 0 Å². The molecule has 1 aromatic carbocycles.